The molecule has 3 aromatic carbocycles. The number of amides is 1. The van der Waals surface area contributed by atoms with Crippen LogP contribution in [0.3, 0.4) is 0 Å². The summed E-state index contributed by atoms with van der Waals surface area (Å²) in [6, 6.07) is 24.9. The molecule has 1 amide bonds. The van der Waals surface area contributed by atoms with E-state index in [4.69, 9.17) is 11.6 Å². The number of hydrogen-bond donors (Lipinski definition) is 0. The number of carbonyl (C=O) groups excluding carboxylic acids is 1. The van der Waals surface area contributed by atoms with Gasteiger partial charge >= 0.3 is 0 Å². The topological polar surface area (TPSA) is 57.0 Å². The largest absolute Gasteiger partial charge is 0.306 e. The first-order chi connectivity index (χ1) is 14.1. The molecule has 0 spiro atoms. The molecular formula is C23H14ClN3OS. The standard InChI is InChI=1S/C23H14ClN3OS/c24-17-9-3-1-7-15(17)13-27-19-11-5-2-8-16(19)23(14-25,22(27)28)21-26-18-10-4-6-12-20(18)29-21/h1-12H,13H2. The summed E-state index contributed by atoms with van der Waals surface area (Å²) in [7, 11) is 0. The van der Waals surface area contributed by atoms with Crippen molar-refractivity contribution < 1.29 is 4.79 Å². The lowest BCUT2D eigenvalue weighted by molar-refractivity contribution is -0.120. The van der Waals surface area contributed by atoms with Crippen LogP contribution in [0.2, 0.25) is 5.02 Å². The second-order valence-corrected chi connectivity index (χ2v) is 8.29. The third kappa shape index (κ3) is 2.57. The Morgan fingerprint density at radius 3 is 2.55 bits per heavy atom. The molecule has 0 bridgehead atoms. The van der Waals surface area contributed by atoms with Gasteiger partial charge in [0.25, 0.3) is 5.91 Å². The van der Waals surface area contributed by atoms with Crippen molar-refractivity contribution in [2.75, 3.05) is 4.90 Å². The number of hydrogen-bond acceptors (Lipinski definition) is 4. The van der Waals surface area contributed by atoms with Gasteiger partial charge in [0, 0.05) is 16.3 Å². The minimum absolute atomic E-state index is 0.292. The minimum atomic E-state index is -1.46. The predicted octanol–water partition coefficient (Wildman–Crippen LogP) is 5.31. The fraction of sp³-hybridized carbons (Fsp3) is 0.0870. The van der Waals surface area contributed by atoms with Gasteiger partial charge in [-0.3, -0.25) is 4.79 Å². The lowest BCUT2D eigenvalue weighted by atomic mass is 9.84. The molecule has 1 atom stereocenters. The van der Waals surface area contributed by atoms with E-state index in [0.717, 1.165) is 21.5 Å². The first-order valence-corrected chi connectivity index (χ1v) is 10.3. The Balaban J connectivity index is 1.70. The Morgan fingerprint density at radius 2 is 1.76 bits per heavy atom. The smallest absolute Gasteiger partial charge is 0.259 e. The Bertz CT molecular complexity index is 1280. The van der Waals surface area contributed by atoms with Gasteiger partial charge in [-0.2, -0.15) is 5.26 Å². The zero-order chi connectivity index (χ0) is 20.0. The molecule has 1 aromatic heterocycles. The van der Waals surface area contributed by atoms with Crippen molar-refractivity contribution in [2.24, 2.45) is 0 Å². The van der Waals surface area contributed by atoms with Crippen LogP contribution in [0.5, 0.6) is 0 Å². The van der Waals surface area contributed by atoms with Crippen LogP contribution < -0.4 is 4.90 Å². The lowest BCUT2D eigenvalue weighted by Gasteiger charge is -2.21. The minimum Gasteiger partial charge on any atom is -0.306 e. The molecule has 0 fully saturated rings. The number of para-hydroxylation sites is 2. The van der Waals surface area contributed by atoms with E-state index in [9.17, 15) is 10.1 Å². The monoisotopic (exact) mass is 415 g/mol. The van der Waals surface area contributed by atoms with E-state index in [1.165, 1.54) is 11.3 Å². The summed E-state index contributed by atoms with van der Waals surface area (Å²) in [6.45, 7) is 0.295. The quantitative estimate of drug-likeness (QED) is 0.455. The van der Waals surface area contributed by atoms with Crippen molar-refractivity contribution in [1.82, 2.24) is 4.98 Å². The highest BCUT2D eigenvalue weighted by Crippen LogP contribution is 2.48. The molecule has 6 heteroatoms. The van der Waals surface area contributed by atoms with Gasteiger partial charge in [-0.25, -0.2) is 4.98 Å². The number of rotatable bonds is 3. The van der Waals surface area contributed by atoms with Gasteiger partial charge in [-0.05, 0) is 29.8 Å². The van der Waals surface area contributed by atoms with Crippen molar-refractivity contribution in [2.45, 2.75) is 12.0 Å². The molecule has 0 N–H and O–H groups in total. The van der Waals surface area contributed by atoms with Gasteiger partial charge in [0.1, 0.15) is 5.01 Å². The second-order valence-electron chi connectivity index (χ2n) is 6.85. The van der Waals surface area contributed by atoms with Crippen LogP contribution in [0.15, 0.2) is 72.8 Å². The van der Waals surface area contributed by atoms with E-state index < -0.39 is 5.41 Å². The predicted molar refractivity (Wildman–Crippen MR) is 115 cm³/mol. The molecule has 140 valence electrons. The molecule has 0 aliphatic carbocycles. The van der Waals surface area contributed by atoms with Gasteiger partial charge in [0.15, 0.2) is 0 Å². The fourth-order valence-corrected chi connectivity index (χ4v) is 5.11. The van der Waals surface area contributed by atoms with E-state index in [0.29, 0.717) is 22.1 Å². The number of thiazole rings is 1. The molecule has 0 saturated carbocycles. The Kier molecular flexibility index (Phi) is 4.13. The van der Waals surface area contributed by atoms with Crippen LogP contribution in [0.4, 0.5) is 5.69 Å². The summed E-state index contributed by atoms with van der Waals surface area (Å²) < 4.78 is 0.951. The van der Waals surface area contributed by atoms with E-state index >= 15 is 0 Å². The summed E-state index contributed by atoms with van der Waals surface area (Å²) >= 11 is 7.73. The number of nitriles is 1. The van der Waals surface area contributed by atoms with Crippen LogP contribution in [-0.4, -0.2) is 10.9 Å². The maximum Gasteiger partial charge on any atom is 0.259 e. The van der Waals surface area contributed by atoms with Gasteiger partial charge in [-0.1, -0.05) is 60.1 Å². The van der Waals surface area contributed by atoms with E-state index in [1.807, 2.05) is 66.7 Å². The molecule has 1 aliphatic heterocycles. The molecule has 5 rings (SSSR count). The number of benzene rings is 3. The average molecular weight is 416 g/mol. The molecular weight excluding hydrogens is 402 g/mol. The van der Waals surface area contributed by atoms with Crippen LogP contribution in [0, 0.1) is 11.3 Å². The highest BCUT2D eigenvalue weighted by atomic mass is 35.5. The number of anilines is 1. The molecule has 1 unspecified atom stereocenters. The maximum absolute atomic E-state index is 13.7. The number of fused-ring (bicyclic) bond motifs is 2. The molecule has 2 heterocycles. The zero-order valence-corrected chi connectivity index (χ0v) is 16.7. The van der Waals surface area contributed by atoms with Crippen molar-refractivity contribution in [1.29, 1.82) is 5.26 Å². The van der Waals surface area contributed by atoms with E-state index in [-0.39, 0.29) is 5.91 Å². The van der Waals surface area contributed by atoms with Crippen LogP contribution in [-0.2, 0) is 16.8 Å². The van der Waals surface area contributed by atoms with Crippen LogP contribution in [0.25, 0.3) is 10.2 Å². The molecule has 1 aliphatic rings. The van der Waals surface area contributed by atoms with Crippen molar-refractivity contribution in [3.63, 3.8) is 0 Å². The Labute approximate surface area is 176 Å². The van der Waals surface area contributed by atoms with E-state index in [1.54, 1.807) is 11.0 Å². The summed E-state index contributed by atoms with van der Waals surface area (Å²) in [5.74, 6) is -0.292. The first-order valence-electron chi connectivity index (χ1n) is 9.07. The summed E-state index contributed by atoms with van der Waals surface area (Å²) in [5.41, 5.74) is 1.55. The average Bonchev–Trinajstić information content (AvgIpc) is 3.28. The summed E-state index contributed by atoms with van der Waals surface area (Å²) in [6.07, 6.45) is 0. The summed E-state index contributed by atoms with van der Waals surface area (Å²) in [5, 5.41) is 11.4. The van der Waals surface area contributed by atoms with Crippen LogP contribution >= 0.6 is 22.9 Å². The highest BCUT2D eigenvalue weighted by Gasteiger charge is 2.55. The Morgan fingerprint density at radius 1 is 1.03 bits per heavy atom. The third-order valence-electron chi connectivity index (χ3n) is 5.23. The SMILES string of the molecule is N#CC1(c2nc3ccccc3s2)C(=O)N(Cc2ccccc2Cl)c2ccccc21. The number of aromatic nitrogens is 1. The van der Waals surface area contributed by atoms with Gasteiger partial charge in [0.05, 0.1) is 22.8 Å². The third-order valence-corrected chi connectivity index (χ3v) is 6.76. The Hall–Kier alpha value is -3.20. The van der Waals surface area contributed by atoms with Crippen LogP contribution in [0.1, 0.15) is 16.1 Å². The molecule has 4 nitrogen and oxygen atoms in total. The molecule has 0 saturated heterocycles. The normalized spacial score (nSPS) is 18.1. The number of nitrogens with zero attached hydrogens (tertiary/aromatic N) is 3. The van der Waals surface area contributed by atoms with E-state index in [2.05, 4.69) is 11.1 Å². The molecule has 4 aromatic rings. The fourth-order valence-electron chi connectivity index (χ4n) is 3.80. The van der Waals surface area contributed by atoms with Gasteiger partial charge in [0.2, 0.25) is 5.41 Å². The summed E-state index contributed by atoms with van der Waals surface area (Å²) in [4.78, 5) is 20.0. The van der Waals surface area contributed by atoms with Gasteiger partial charge in [-0.15, -0.1) is 11.3 Å². The zero-order valence-electron chi connectivity index (χ0n) is 15.2. The number of halogens is 1. The lowest BCUT2D eigenvalue weighted by Crippen LogP contribution is -2.40. The highest BCUT2D eigenvalue weighted by molar-refractivity contribution is 7.18. The van der Waals surface area contributed by atoms with Crippen molar-refractivity contribution in [3.05, 3.63) is 94.0 Å². The maximum atomic E-state index is 13.7. The first kappa shape index (κ1) is 17.9. The number of carbonyl (C=O) groups is 1. The van der Waals surface area contributed by atoms with Crippen molar-refractivity contribution in [3.8, 4) is 6.07 Å². The second kappa shape index (κ2) is 6.70. The molecule has 29 heavy (non-hydrogen) atoms. The molecule has 0 radical (unpaired) electrons. The van der Waals surface area contributed by atoms with Gasteiger partial charge < -0.3 is 4.90 Å². The van der Waals surface area contributed by atoms with Crippen molar-refractivity contribution >= 4 is 44.7 Å².